The molecule has 6 heteroatoms. The van der Waals surface area contributed by atoms with E-state index in [9.17, 15) is 13.6 Å². The summed E-state index contributed by atoms with van der Waals surface area (Å²) in [5.74, 6) is -2.44. The SMILES string of the molecule is Nc1ccc(C(=O)Nc2c(F)cccc2F)c(Cl)c1. The highest BCUT2D eigenvalue weighted by molar-refractivity contribution is 6.34. The average molecular weight is 283 g/mol. The van der Waals surface area contributed by atoms with Crippen molar-refractivity contribution in [2.75, 3.05) is 11.1 Å². The van der Waals surface area contributed by atoms with E-state index in [-0.39, 0.29) is 10.6 Å². The summed E-state index contributed by atoms with van der Waals surface area (Å²) in [6.07, 6.45) is 0. The molecule has 0 atom stereocenters. The summed E-state index contributed by atoms with van der Waals surface area (Å²) in [5, 5.41) is 2.25. The fourth-order valence-electron chi connectivity index (χ4n) is 1.51. The number of carbonyl (C=O) groups excluding carboxylic acids is 1. The van der Waals surface area contributed by atoms with Crippen molar-refractivity contribution >= 4 is 28.9 Å². The Morgan fingerprint density at radius 3 is 2.37 bits per heavy atom. The van der Waals surface area contributed by atoms with E-state index < -0.39 is 23.2 Å². The number of carbonyl (C=O) groups is 1. The van der Waals surface area contributed by atoms with Gasteiger partial charge in [-0.1, -0.05) is 17.7 Å². The van der Waals surface area contributed by atoms with Crippen LogP contribution in [0.25, 0.3) is 0 Å². The van der Waals surface area contributed by atoms with E-state index in [0.29, 0.717) is 5.69 Å². The van der Waals surface area contributed by atoms with Crippen LogP contribution in [0.15, 0.2) is 36.4 Å². The summed E-state index contributed by atoms with van der Waals surface area (Å²) in [6, 6.07) is 7.53. The van der Waals surface area contributed by atoms with E-state index in [4.69, 9.17) is 17.3 Å². The molecule has 0 bridgehead atoms. The number of anilines is 2. The first-order valence-corrected chi connectivity index (χ1v) is 5.67. The van der Waals surface area contributed by atoms with Crippen molar-refractivity contribution in [3.63, 3.8) is 0 Å². The highest BCUT2D eigenvalue weighted by Crippen LogP contribution is 2.23. The Kier molecular flexibility index (Phi) is 3.66. The minimum atomic E-state index is -0.861. The second-order valence-corrected chi connectivity index (χ2v) is 4.20. The zero-order chi connectivity index (χ0) is 14.0. The van der Waals surface area contributed by atoms with Gasteiger partial charge in [-0.3, -0.25) is 4.79 Å². The third-order valence-electron chi connectivity index (χ3n) is 2.44. The maximum absolute atomic E-state index is 13.4. The minimum absolute atomic E-state index is 0.0820. The molecule has 98 valence electrons. The second-order valence-electron chi connectivity index (χ2n) is 3.79. The van der Waals surface area contributed by atoms with Gasteiger partial charge in [-0.05, 0) is 30.3 Å². The number of nitrogens with two attached hydrogens (primary N) is 1. The number of nitrogen functional groups attached to an aromatic ring is 1. The predicted molar refractivity (Wildman–Crippen MR) is 70.2 cm³/mol. The van der Waals surface area contributed by atoms with Gasteiger partial charge < -0.3 is 11.1 Å². The first-order valence-electron chi connectivity index (χ1n) is 5.29. The molecule has 0 aliphatic heterocycles. The van der Waals surface area contributed by atoms with Gasteiger partial charge in [0.15, 0.2) is 0 Å². The van der Waals surface area contributed by atoms with Gasteiger partial charge in [0.05, 0.1) is 10.6 Å². The van der Waals surface area contributed by atoms with Crippen molar-refractivity contribution in [1.29, 1.82) is 0 Å². The fraction of sp³-hybridized carbons (Fsp3) is 0. The van der Waals surface area contributed by atoms with Crippen LogP contribution >= 0.6 is 11.6 Å². The molecule has 0 spiro atoms. The lowest BCUT2D eigenvalue weighted by Gasteiger charge is -2.09. The number of nitrogens with one attached hydrogen (secondary N) is 1. The highest BCUT2D eigenvalue weighted by Gasteiger charge is 2.15. The van der Waals surface area contributed by atoms with Crippen LogP contribution in [0, 0.1) is 11.6 Å². The molecule has 0 radical (unpaired) electrons. The zero-order valence-electron chi connectivity index (χ0n) is 9.58. The van der Waals surface area contributed by atoms with Gasteiger partial charge in [0.25, 0.3) is 5.91 Å². The van der Waals surface area contributed by atoms with Crippen LogP contribution in [0.1, 0.15) is 10.4 Å². The third-order valence-corrected chi connectivity index (χ3v) is 2.75. The summed E-state index contributed by atoms with van der Waals surface area (Å²) in [4.78, 5) is 11.9. The standard InChI is InChI=1S/C13H9ClF2N2O/c14-9-6-7(17)4-5-8(9)13(19)18-12-10(15)2-1-3-11(12)16/h1-6H,17H2,(H,18,19). The van der Waals surface area contributed by atoms with E-state index in [2.05, 4.69) is 5.32 Å². The lowest BCUT2D eigenvalue weighted by atomic mass is 10.2. The Balaban J connectivity index is 2.31. The molecule has 0 heterocycles. The van der Waals surface area contributed by atoms with Crippen LogP contribution in [0.4, 0.5) is 20.2 Å². The van der Waals surface area contributed by atoms with Gasteiger partial charge in [0.1, 0.15) is 17.3 Å². The van der Waals surface area contributed by atoms with Crippen molar-refractivity contribution in [3.05, 3.63) is 58.6 Å². The van der Waals surface area contributed by atoms with Gasteiger partial charge in [-0.2, -0.15) is 0 Å². The largest absolute Gasteiger partial charge is 0.399 e. The second kappa shape index (κ2) is 5.24. The summed E-state index contributed by atoms with van der Waals surface area (Å²) >= 11 is 5.84. The summed E-state index contributed by atoms with van der Waals surface area (Å²) in [7, 11) is 0. The number of rotatable bonds is 2. The average Bonchev–Trinajstić information content (AvgIpc) is 2.33. The first kappa shape index (κ1) is 13.3. The van der Waals surface area contributed by atoms with Crippen LogP contribution in [-0.2, 0) is 0 Å². The van der Waals surface area contributed by atoms with Gasteiger partial charge in [-0.15, -0.1) is 0 Å². The van der Waals surface area contributed by atoms with Crippen LogP contribution < -0.4 is 11.1 Å². The third kappa shape index (κ3) is 2.82. The van der Waals surface area contributed by atoms with Gasteiger partial charge in [0, 0.05) is 5.69 Å². The molecule has 2 aromatic carbocycles. The molecule has 0 saturated heterocycles. The molecule has 2 aromatic rings. The summed E-state index contributed by atoms with van der Waals surface area (Å²) in [5.41, 5.74) is 5.45. The summed E-state index contributed by atoms with van der Waals surface area (Å²) in [6.45, 7) is 0. The molecule has 0 aliphatic carbocycles. The van der Waals surface area contributed by atoms with Crippen LogP contribution in [0.2, 0.25) is 5.02 Å². The number of halogens is 3. The molecule has 0 aromatic heterocycles. The van der Waals surface area contributed by atoms with Crippen molar-refractivity contribution in [3.8, 4) is 0 Å². The lowest BCUT2D eigenvalue weighted by molar-refractivity contribution is 0.102. The maximum atomic E-state index is 13.4. The predicted octanol–water partition coefficient (Wildman–Crippen LogP) is 3.45. The molecule has 0 saturated carbocycles. The smallest absolute Gasteiger partial charge is 0.257 e. The molecular formula is C13H9ClF2N2O. The number of hydrogen-bond acceptors (Lipinski definition) is 2. The molecule has 19 heavy (non-hydrogen) atoms. The Hall–Kier alpha value is -2.14. The van der Waals surface area contributed by atoms with E-state index in [1.807, 2.05) is 0 Å². The normalized spacial score (nSPS) is 10.3. The monoisotopic (exact) mass is 282 g/mol. The van der Waals surface area contributed by atoms with Crippen molar-refractivity contribution < 1.29 is 13.6 Å². The quantitative estimate of drug-likeness (QED) is 0.829. The molecular weight excluding hydrogens is 274 g/mol. The van der Waals surface area contributed by atoms with Gasteiger partial charge in [-0.25, -0.2) is 8.78 Å². The molecule has 0 fully saturated rings. The molecule has 0 aliphatic rings. The number of para-hydroxylation sites is 1. The Morgan fingerprint density at radius 2 is 1.79 bits per heavy atom. The highest BCUT2D eigenvalue weighted by atomic mass is 35.5. The fourth-order valence-corrected chi connectivity index (χ4v) is 1.79. The van der Waals surface area contributed by atoms with Crippen LogP contribution in [0.5, 0.6) is 0 Å². The van der Waals surface area contributed by atoms with Gasteiger partial charge >= 0.3 is 0 Å². The molecule has 0 unspecified atom stereocenters. The molecule has 3 N–H and O–H groups in total. The van der Waals surface area contributed by atoms with Crippen LogP contribution in [0.3, 0.4) is 0 Å². The van der Waals surface area contributed by atoms with Crippen molar-refractivity contribution in [1.82, 2.24) is 0 Å². The zero-order valence-corrected chi connectivity index (χ0v) is 10.3. The lowest BCUT2D eigenvalue weighted by Crippen LogP contribution is -2.15. The Morgan fingerprint density at radius 1 is 1.16 bits per heavy atom. The number of hydrogen-bond donors (Lipinski definition) is 2. The number of amides is 1. The molecule has 1 amide bonds. The van der Waals surface area contributed by atoms with Crippen LogP contribution in [-0.4, -0.2) is 5.91 Å². The van der Waals surface area contributed by atoms with Crippen molar-refractivity contribution in [2.24, 2.45) is 0 Å². The summed E-state index contributed by atoms with van der Waals surface area (Å²) < 4.78 is 26.8. The number of benzene rings is 2. The van der Waals surface area contributed by atoms with E-state index >= 15 is 0 Å². The molecule has 2 rings (SSSR count). The Labute approximate surface area is 113 Å². The maximum Gasteiger partial charge on any atom is 0.257 e. The Bertz CT molecular complexity index is 626. The van der Waals surface area contributed by atoms with E-state index in [1.54, 1.807) is 0 Å². The van der Waals surface area contributed by atoms with E-state index in [0.717, 1.165) is 12.1 Å². The van der Waals surface area contributed by atoms with Gasteiger partial charge in [0.2, 0.25) is 0 Å². The topological polar surface area (TPSA) is 55.1 Å². The minimum Gasteiger partial charge on any atom is -0.399 e. The molecule has 3 nitrogen and oxygen atoms in total. The van der Waals surface area contributed by atoms with E-state index in [1.165, 1.54) is 24.3 Å². The first-order chi connectivity index (χ1) is 8.99. The van der Waals surface area contributed by atoms with Crippen molar-refractivity contribution in [2.45, 2.75) is 0 Å².